The number of aromatic nitrogens is 3. The number of anilines is 1. The lowest BCUT2D eigenvalue weighted by Gasteiger charge is -2.32. The molecule has 2 aliphatic rings. The molecule has 0 aliphatic carbocycles. The van der Waals surface area contributed by atoms with Crippen LogP contribution in [0.15, 0.2) is 29.0 Å². The van der Waals surface area contributed by atoms with E-state index in [2.05, 4.69) is 28.7 Å². The second kappa shape index (κ2) is 8.29. The van der Waals surface area contributed by atoms with Gasteiger partial charge in [0.1, 0.15) is 5.54 Å². The number of rotatable bonds is 3. The number of nitrogens with two attached hydrogens (primary N) is 1. The van der Waals surface area contributed by atoms with Crippen molar-refractivity contribution in [1.82, 2.24) is 15.0 Å². The van der Waals surface area contributed by atoms with Gasteiger partial charge in [0.2, 0.25) is 5.95 Å². The van der Waals surface area contributed by atoms with Crippen LogP contribution < -0.4 is 10.6 Å². The molecule has 2 aliphatic heterocycles. The molecule has 2 aromatic rings. The summed E-state index contributed by atoms with van der Waals surface area (Å²) in [6, 6.07) is 1.99. The van der Waals surface area contributed by atoms with Crippen LogP contribution in [0.3, 0.4) is 0 Å². The Kier molecular flexibility index (Phi) is 6.76. The first-order valence-corrected chi connectivity index (χ1v) is 9.90. The molecule has 26 heavy (non-hydrogen) atoms. The van der Waals surface area contributed by atoms with Crippen molar-refractivity contribution >= 4 is 59.0 Å². The Morgan fingerprint density at radius 2 is 2.15 bits per heavy atom. The van der Waals surface area contributed by atoms with Crippen molar-refractivity contribution in [3.05, 3.63) is 34.5 Å². The second-order valence-corrected chi connectivity index (χ2v) is 8.49. The maximum absolute atomic E-state index is 6.08. The number of aliphatic imine (C=N–C) groups is 1. The largest absolute Gasteiger partial charge is 0.379 e. The van der Waals surface area contributed by atoms with Gasteiger partial charge >= 0.3 is 0 Å². The highest BCUT2D eigenvalue weighted by atomic mass is 35.5. The van der Waals surface area contributed by atoms with E-state index in [1.807, 2.05) is 24.0 Å². The van der Waals surface area contributed by atoms with Gasteiger partial charge in [0.15, 0.2) is 5.17 Å². The fourth-order valence-corrected chi connectivity index (χ4v) is 5.20. The maximum atomic E-state index is 6.08. The minimum atomic E-state index is -0.312. The summed E-state index contributed by atoms with van der Waals surface area (Å²) in [6.07, 6.45) is 3.78. The molecule has 1 fully saturated rings. The molecular weight excluding hydrogens is 411 g/mol. The van der Waals surface area contributed by atoms with Crippen LogP contribution >= 0.6 is 47.9 Å². The van der Waals surface area contributed by atoms with Crippen LogP contribution in [0.4, 0.5) is 5.95 Å². The monoisotopic (exact) mass is 432 g/mol. The van der Waals surface area contributed by atoms with E-state index in [0.29, 0.717) is 17.0 Å². The number of fused-ring (bicyclic) bond motifs is 1. The van der Waals surface area contributed by atoms with Crippen LogP contribution in [0.1, 0.15) is 30.3 Å². The van der Waals surface area contributed by atoms with Crippen molar-refractivity contribution in [2.45, 2.75) is 25.3 Å². The third kappa shape index (κ3) is 3.65. The molecule has 2 atom stereocenters. The normalized spacial score (nSPS) is 24.5. The van der Waals surface area contributed by atoms with E-state index in [9.17, 15) is 0 Å². The van der Waals surface area contributed by atoms with Gasteiger partial charge < -0.3 is 10.6 Å². The Hall–Kier alpha value is -1.09. The number of thioether (sulfide) groups is 1. The Bertz CT molecular complexity index is 770. The highest BCUT2D eigenvalue weighted by molar-refractivity contribution is 8.13. The summed E-state index contributed by atoms with van der Waals surface area (Å²) in [5, 5.41) is 0.665. The number of hydrogen-bond acceptors (Lipinski definition) is 8. The number of hydrogen-bond donors (Lipinski definition) is 1. The third-order valence-corrected chi connectivity index (χ3v) is 6.58. The first-order valence-electron chi connectivity index (χ1n) is 8.03. The van der Waals surface area contributed by atoms with Gasteiger partial charge in [-0.15, -0.1) is 36.2 Å². The fraction of sp³-hybridized carbons (Fsp3) is 0.500. The Morgan fingerprint density at radius 1 is 1.35 bits per heavy atom. The fourth-order valence-electron chi connectivity index (χ4n) is 3.39. The summed E-state index contributed by atoms with van der Waals surface area (Å²) < 4.78 is 0. The highest BCUT2D eigenvalue weighted by Gasteiger charge is 2.51. The summed E-state index contributed by atoms with van der Waals surface area (Å²) in [5.41, 5.74) is 8.70. The van der Waals surface area contributed by atoms with E-state index >= 15 is 0 Å². The predicted molar refractivity (Wildman–Crippen MR) is 114 cm³/mol. The SMILES string of the molecule is CC(C)c1ccnc(N2C[C@H]3CSC(N)=N[C@@]3(c3cncs3)C2)n1.Cl.Cl. The summed E-state index contributed by atoms with van der Waals surface area (Å²) in [4.78, 5) is 21.8. The molecule has 142 valence electrons. The maximum Gasteiger partial charge on any atom is 0.225 e. The molecule has 0 unspecified atom stereocenters. The van der Waals surface area contributed by atoms with Gasteiger partial charge in [0.05, 0.1) is 16.9 Å². The van der Waals surface area contributed by atoms with Gasteiger partial charge in [-0.2, -0.15) is 0 Å². The first kappa shape index (κ1) is 21.2. The van der Waals surface area contributed by atoms with Crippen molar-refractivity contribution in [2.24, 2.45) is 16.6 Å². The molecule has 0 bridgehead atoms. The van der Waals surface area contributed by atoms with E-state index < -0.39 is 0 Å². The summed E-state index contributed by atoms with van der Waals surface area (Å²) in [6.45, 7) is 5.94. The van der Waals surface area contributed by atoms with E-state index in [0.717, 1.165) is 30.5 Å². The van der Waals surface area contributed by atoms with Crippen LogP contribution in [-0.4, -0.2) is 39.0 Å². The second-order valence-electron chi connectivity index (χ2n) is 6.56. The lowest BCUT2D eigenvalue weighted by molar-refractivity contribution is 0.394. The molecule has 4 heterocycles. The van der Waals surface area contributed by atoms with E-state index in [-0.39, 0.29) is 30.4 Å². The van der Waals surface area contributed by atoms with Gasteiger partial charge in [-0.1, -0.05) is 25.6 Å². The summed E-state index contributed by atoms with van der Waals surface area (Å²) >= 11 is 3.29. The number of amidine groups is 1. The molecule has 0 spiro atoms. The van der Waals surface area contributed by atoms with Crippen LogP contribution in [0.25, 0.3) is 0 Å². The first-order chi connectivity index (χ1) is 11.6. The average Bonchev–Trinajstić information content (AvgIpc) is 3.22. The molecule has 2 N–H and O–H groups in total. The molecule has 6 nitrogen and oxygen atoms in total. The molecule has 10 heteroatoms. The van der Waals surface area contributed by atoms with Crippen molar-refractivity contribution in [1.29, 1.82) is 0 Å². The minimum absolute atomic E-state index is 0. The topological polar surface area (TPSA) is 80.3 Å². The van der Waals surface area contributed by atoms with Crippen LogP contribution in [-0.2, 0) is 5.54 Å². The van der Waals surface area contributed by atoms with E-state index in [1.165, 1.54) is 4.88 Å². The van der Waals surface area contributed by atoms with Gasteiger partial charge in [0.25, 0.3) is 0 Å². The third-order valence-electron chi connectivity index (χ3n) is 4.69. The molecular formula is C16H22Cl2N6S2. The van der Waals surface area contributed by atoms with Gasteiger partial charge in [-0.05, 0) is 12.0 Å². The van der Waals surface area contributed by atoms with Gasteiger partial charge in [-0.3, -0.25) is 4.98 Å². The molecule has 2 aromatic heterocycles. The molecule has 0 radical (unpaired) electrons. The standard InChI is InChI=1S/C16H20N6S2.2ClH/c1-10(2)12-3-4-19-15(20-12)22-6-11-7-23-14(17)21-16(11,8-22)13-5-18-9-24-13;;/h3-5,9-11H,6-8H2,1-2H3,(H2,17,21);2*1H/t11-,16-;;/m0../s1. The molecule has 0 amide bonds. The van der Waals surface area contributed by atoms with Crippen LogP contribution in [0, 0.1) is 5.92 Å². The smallest absolute Gasteiger partial charge is 0.225 e. The van der Waals surface area contributed by atoms with E-state index in [1.54, 1.807) is 23.1 Å². The lowest BCUT2D eigenvalue weighted by atomic mass is 9.87. The van der Waals surface area contributed by atoms with Crippen molar-refractivity contribution in [3.8, 4) is 0 Å². The zero-order valence-electron chi connectivity index (χ0n) is 14.5. The Morgan fingerprint density at radius 3 is 2.85 bits per heavy atom. The number of halogens is 2. The average molecular weight is 433 g/mol. The Balaban J connectivity index is 0.00000121. The van der Waals surface area contributed by atoms with Gasteiger partial charge in [0, 0.05) is 36.3 Å². The molecule has 1 saturated heterocycles. The van der Waals surface area contributed by atoms with Crippen LogP contribution in [0.2, 0.25) is 0 Å². The van der Waals surface area contributed by atoms with E-state index in [4.69, 9.17) is 15.7 Å². The van der Waals surface area contributed by atoms with Crippen LogP contribution in [0.5, 0.6) is 0 Å². The van der Waals surface area contributed by atoms with Gasteiger partial charge in [-0.25, -0.2) is 15.0 Å². The lowest BCUT2D eigenvalue weighted by Crippen LogP contribution is -2.39. The molecule has 0 saturated carbocycles. The van der Waals surface area contributed by atoms with Crippen molar-refractivity contribution in [2.75, 3.05) is 23.7 Å². The quantitative estimate of drug-likeness (QED) is 0.800. The molecule has 0 aromatic carbocycles. The predicted octanol–water partition coefficient (Wildman–Crippen LogP) is 3.29. The number of nitrogens with zero attached hydrogens (tertiary/aromatic N) is 5. The zero-order valence-corrected chi connectivity index (χ0v) is 17.8. The Labute approximate surface area is 173 Å². The number of thiazole rings is 1. The van der Waals surface area contributed by atoms with Crippen molar-refractivity contribution in [3.63, 3.8) is 0 Å². The zero-order chi connectivity index (χ0) is 16.7. The summed E-state index contributed by atoms with van der Waals surface area (Å²) in [5.74, 6) is 2.53. The summed E-state index contributed by atoms with van der Waals surface area (Å²) in [7, 11) is 0. The highest BCUT2D eigenvalue weighted by Crippen LogP contribution is 2.47. The minimum Gasteiger partial charge on any atom is -0.379 e. The molecule has 4 rings (SSSR count). The van der Waals surface area contributed by atoms with Crippen molar-refractivity contribution < 1.29 is 0 Å².